The van der Waals surface area contributed by atoms with Gasteiger partial charge in [-0.05, 0) is 0 Å². The van der Waals surface area contributed by atoms with E-state index in [1.807, 2.05) is 0 Å². The number of carboxylic acids is 1. The zero-order valence-corrected chi connectivity index (χ0v) is 8.03. The molecule has 1 atom stereocenters. The minimum absolute atomic E-state index is 0. The van der Waals surface area contributed by atoms with Crippen LogP contribution < -0.4 is 0 Å². The summed E-state index contributed by atoms with van der Waals surface area (Å²) in [5.74, 6) is -1.22. The SMILES string of the molecule is CCP(=O)(O)CC(=O)O.[Ti+4]. The van der Waals surface area contributed by atoms with Crippen LogP contribution in [-0.2, 0) is 31.1 Å². The predicted octanol–water partition coefficient (Wildman–Crippen LogP) is 0.359. The van der Waals surface area contributed by atoms with Gasteiger partial charge in [0.15, 0.2) is 0 Å². The molecule has 0 heterocycles. The number of rotatable bonds is 3. The Morgan fingerprint density at radius 3 is 2.10 bits per heavy atom. The van der Waals surface area contributed by atoms with E-state index < -0.39 is 19.5 Å². The normalized spacial score (nSPS) is 15.0. The van der Waals surface area contributed by atoms with Crippen molar-refractivity contribution in [3.05, 3.63) is 0 Å². The molecule has 54 valence electrons. The summed E-state index contributed by atoms with van der Waals surface area (Å²) in [5, 5.41) is 8.05. The van der Waals surface area contributed by atoms with Crippen LogP contribution in [0.25, 0.3) is 0 Å². The third-order valence-corrected chi connectivity index (χ3v) is 2.63. The Balaban J connectivity index is 0. The maximum Gasteiger partial charge on any atom is 4.00 e. The maximum absolute atomic E-state index is 10.6. The van der Waals surface area contributed by atoms with E-state index >= 15 is 0 Å². The molecule has 2 N–H and O–H groups in total. The van der Waals surface area contributed by atoms with Crippen LogP contribution in [0.15, 0.2) is 0 Å². The Labute approximate surface area is 74.0 Å². The summed E-state index contributed by atoms with van der Waals surface area (Å²) in [5.41, 5.74) is 0. The minimum Gasteiger partial charge on any atom is -0.481 e. The zero-order valence-electron chi connectivity index (χ0n) is 5.57. The van der Waals surface area contributed by atoms with Gasteiger partial charge in [0.25, 0.3) is 0 Å². The fraction of sp³-hybridized carbons (Fsp3) is 0.750. The molecule has 0 aliphatic heterocycles. The van der Waals surface area contributed by atoms with Gasteiger partial charge in [-0.15, -0.1) is 0 Å². The smallest absolute Gasteiger partial charge is 0.481 e. The van der Waals surface area contributed by atoms with Crippen LogP contribution in [0, 0.1) is 0 Å². The standard InChI is InChI=1S/C4H9O4P.Ti/c1-2-9(7,8)3-4(5)6;/h2-3H2,1H3,(H,5,6)(H,7,8);/q;+4. The van der Waals surface area contributed by atoms with Gasteiger partial charge >= 0.3 is 27.7 Å². The monoisotopic (exact) mass is 200 g/mol. The van der Waals surface area contributed by atoms with E-state index in [1.54, 1.807) is 0 Å². The quantitative estimate of drug-likeness (QED) is 0.509. The Hall–Kier alpha value is 0.374. The molecule has 0 bridgehead atoms. The van der Waals surface area contributed by atoms with Crippen molar-refractivity contribution in [2.24, 2.45) is 0 Å². The van der Waals surface area contributed by atoms with Crippen LogP contribution in [0.2, 0.25) is 0 Å². The van der Waals surface area contributed by atoms with Crippen molar-refractivity contribution in [2.45, 2.75) is 6.92 Å². The van der Waals surface area contributed by atoms with E-state index in [0.717, 1.165) is 0 Å². The van der Waals surface area contributed by atoms with Crippen molar-refractivity contribution in [3.63, 3.8) is 0 Å². The molecule has 0 aliphatic carbocycles. The molecule has 0 saturated carbocycles. The zero-order chi connectivity index (χ0) is 7.49. The number of aliphatic carboxylic acids is 1. The van der Waals surface area contributed by atoms with Crippen molar-refractivity contribution in [2.75, 3.05) is 12.3 Å². The minimum atomic E-state index is -3.33. The summed E-state index contributed by atoms with van der Waals surface area (Å²) < 4.78 is 10.6. The van der Waals surface area contributed by atoms with Gasteiger partial charge in [-0.3, -0.25) is 9.36 Å². The molecule has 4 nitrogen and oxygen atoms in total. The molecule has 0 aliphatic rings. The third kappa shape index (κ3) is 6.49. The molecule has 1 unspecified atom stereocenters. The molecule has 0 radical (unpaired) electrons. The first-order valence-corrected chi connectivity index (χ1v) is 4.53. The molecule has 10 heavy (non-hydrogen) atoms. The number of carboxylic acid groups (broad SMARTS) is 1. The first-order valence-electron chi connectivity index (χ1n) is 2.50. The molecule has 0 rings (SSSR count). The van der Waals surface area contributed by atoms with Gasteiger partial charge in [0, 0.05) is 6.16 Å². The molecule has 0 aromatic carbocycles. The van der Waals surface area contributed by atoms with Crippen LogP contribution in [0.3, 0.4) is 0 Å². The Morgan fingerprint density at radius 1 is 1.60 bits per heavy atom. The van der Waals surface area contributed by atoms with Crippen molar-refractivity contribution in [3.8, 4) is 0 Å². The predicted molar refractivity (Wildman–Crippen MR) is 32.9 cm³/mol. The summed E-state index contributed by atoms with van der Waals surface area (Å²) in [6.45, 7) is 1.49. The van der Waals surface area contributed by atoms with E-state index in [0.29, 0.717) is 0 Å². The van der Waals surface area contributed by atoms with Gasteiger partial charge in [0.05, 0.1) is 0 Å². The molecular weight excluding hydrogens is 191 g/mol. The van der Waals surface area contributed by atoms with Crippen LogP contribution in [0.5, 0.6) is 0 Å². The average molecular weight is 200 g/mol. The van der Waals surface area contributed by atoms with Gasteiger partial charge in [0.2, 0.25) is 7.37 Å². The van der Waals surface area contributed by atoms with E-state index in [9.17, 15) is 9.36 Å². The van der Waals surface area contributed by atoms with Crippen molar-refractivity contribution >= 4 is 13.3 Å². The first-order chi connectivity index (χ1) is 3.98. The summed E-state index contributed by atoms with van der Waals surface area (Å²) in [7, 11) is -3.33. The summed E-state index contributed by atoms with van der Waals surface area (Å²) in [6, 6.07) is 0. The molecule has 0 aromatic rings. The molecular formula is C4H9O4PTi+4. The fourth-order valence-electron chi connectivity index (χ4n) is 0.323. The van der Waals surface area contributed by atoms with Gasteiger partial charge in [-0.1, -0.05) is 6.92 Å². The molecule has 0 fully saturated rings. The van der Waals surface area contributed by atoms with Crippen LogP contribution in [0.4, 0.5) is 0 Å². The Bertz CT molecular complexity index is 157. The van der Waals surface area contributed by atoms with Gasteiger partial charge in [0.1, 0.15) is 6.16 Å². The summed E-state index contributed by atoms with van der Waals surface area (Å²) in [6.07, 6.45) is -0.594. The molecule has 6 heteroatoms. The first kappa shape index (κ1) is 13.0. The largest absolute Gasteiger partial charge is 4.00 e. The Kier molecular flexibility index (Phi) is 6.61. The second-order valence-electron chi connectivity index (χ2n) is 1.71. The van der Waals surface area contributed by atoms with Crippen molar-refractivity contribution < 1.29 is 41.1 Å². The van der Waals surface area contributed by atoms with Crippen molar-refractivity contribution in [1.29, 1.82) is 0 Å². The molecule has 0 spiro atoms. The van der Waals surface area contributed by atoms with E-state index in [-0.39, 0.29) is 27.9 Å². The van der Waals surface area contributed by atoms with E-state index in [4.69, 9.17) is 10.00 Å². The summed E-state index contributed by atoms with van der Waals surface area (Å²) in [4.78, 5) is 18.5. The maximum atomic E-state index is 10.6. The molecule has 0 amide bonds. The fourth-order valence-corrected chi connectivity index (χ4v) is 0.969. The second-order valence-corrected chi connectivity index (χ2v) is 4.36. The third-order valence-electron chi connectivity index (χ3n) is 0.876. The summed E-state index contributed by atoms with van der Waals surface area (Å²) >= 11 is 0. The number of carbonyl (C=O) groups is 1. The van der Waals surface area contributed by atoms with Crippen molar-refractivity contribution in [1.82, 2.24) is 0 Å². The van der Waals surface area contributed by atoms with Crippen LogP contribution in [0.1, 0.15) is 6.92 Å². The molecule has 0 aromatic heterocycles. The molecule has 0 saturated heterocycles. The van der Waals surface area contributed by atoms with E-state index in [1.165, 1.54) is 6.92 Å². The topological polar surface area (TPSA) is 74.6 Å². The van der Waals surface area contributed by atoms with E-state index in [2.05, 4.69) is 0 Å². The number of hydrogen-bond donors (Lipinski definition) is 2. The average Bonchev–Trinajstić information content (AvgIpc) is 1.63. The van der Waals surface area contributed by atoms with Gasteiger partial charge < -0.3 is 10.00 Å². The van der Waals surface area contributed by atoms with Gasteiger partial charge in [-0.2, -0.15) is 0 Å². The van der Waals surface area contributed by atoms with Crippen LogP contribution >= 0.6 is 7.37 Å². The number of hydrogen-bond acceptors (Lipinski definition) is 2. The Morgan fingerprint density at radius 2 is 2.00 bits per heavy atom. The van der Waals surface area contributed by atoms with Crippen LogP contribution in [-0.4, -0.2) is 28.3 Å². The van der Waals surface area contributed by atoms with Gasteiger partial charge in [-0.25, -0.2) is 0 Å². The second kappa shape index (κ2) is 5.08.